The Labute approximate surface area is 238 Å². The van der Waals surface area contributed by atoms with Crippen LogP contribution < -0.4 is 4.90 Å². The van der Waals surface area contributed by atoms with E-state index in [1.54, 1.807) is 12.1 Å². The molecule has 0 fully saturated rings. The number of hydrogen-bond donors (Lipinski definition) is 0. The number of anilines is 3. The third-order valence-corrected chi connectivity index (χ3v) is 6.04. The molecule has 0 aliphatic rings. The first-order valence-corrected chi connectivity index (χ1v) is 12.6. The maximum absolute atomic E-state index is 13.9. The maximum Gasteiger partial charge on any atom is 0.418 e. The van der Waals surface area contributed by atoms with Crippen molar-refractivity contribution >= 4 is 45.5 Å². The molecule has 5 aromatic carbocycles. The van der Waals surface area contributed by atoms with Gasteiger partial charge in [0.1, 0.15) is 0 Å². The van der Waals surface area contributed by atoms with Crippen LogP contribution in [0.2, 0.25) is 0 Å². The molecule has 5 rings (SSSR count). The Morgan fingerprint density at radius 1 is 0.571 bits per heavy atom. The number of rotatable bonds is 8. The molecule has 0 spiro atoms. The summed E-state index contributed by atoms with van der Waals surface area (Å²) < 4.78 is 41.6. The molecule has 0 atom stereocenters. The van der Waals surface area contributed by atoms with Crippen LogP contribution in [0.4, 0.5) is 58.7 Å². The van der Waals surface area contributed by atoms with E-state index in [1.807, 2.05) is 77.7 Å². The minimum atomic E-state index is -4.72. The zero-order valence-corrected chi connectivity index (χ0v) is 21.8. The van der Waals surface area contributed by atoms with Gasteiger partial charge in [0.25, 0.3) is 5.69 Å². The molecule has 0 radical (unpaired) electrons. The molecule has 0 N–H and O–H groups in total. The predicted octanol–water partition coefficient (Wildman–Crippen LogP) is 10.9. The Morgan fingerprint density at radius 2 is 1.02 bits per heavy atom. The average molecular weight is 567 g/mol. The number of nitrogens with zero attached hydrogens (tertiary/aromatic N) is 6. The minimum Gasteiger partial charge on any atom is -0.311 e. The third-order valence-electron chi connectivity index (χ3n) is 6.04. The van der Waals surface area contributed by atoms with Crippen molar-refractivity contribution in [3.63, 3.8) is 0 Å². The van der Waals surface area contributed by atoms with Crippen LogP contribution in [-0.2, 0) is 6.18 Å². The molecule has 11 heteroatoms. The van der Waals surface area contributed by atoms with Crippen molar-refractivity contribution in [2.75, 3.05) is 4.90 Å². The van der Waals surface area contributed by atoms with Gasteiger partial charge in [-0.2, -0.15) is 28.5 Å². The lowest BCUT2D eigenvalue weighted by atomic mass is 10.1. The summed E-state index contributed by atoms with van der Waals surface area (Å²) in [4.78, 5) is 12.3. The number of alkyl halides is 3. The van der Waals surface area contributed by atoms with E-state index >= 15 is 0 Å². The van der Waals surface area contributed by atoms with Crippen LogP contribution >= 0.6 is 0 Å². The highest BCUT2D eigenvalue weighted by Crippen LogP contribution is 2.40. The fourth-order valence-corrected chi connectivity index (χ4v) is 4.04. The first-order valence-electron chi connectivity index (χ1n) is 12.6. The van der Waals surface area contributed by atoms with E-state index in [0.29, 0.717) is 5.69 Å². The molecule has 42 heavy (non-hydrogen) atoms. The Bertz CT molecular complexity index is 1690. The van der Waals surface area contributed by atoms with Crippen molar-refractivity contribution < 1.29 is 18.1 Å². The molecule has 208 valence electrons. The van der Waals surface area contributed by atoms with Crippen LogP contribution in [-0.4, -0.2) is 4.92 Å². The average Bonchev–Trinajstić information content (AvgIpc) is 3.01. The third kappa shape index (κ3) is 6.70. The summed E-state index contributed by atoms with van der Waals surface area (Å²) >= 11 is 0. The summed E-state index contributed by atoms with van der Waals surface area (Å²) in [6.45, 7) is 0. The van der Waals surface area contributed by atoms with E-state index < -0.39 is 16.7 Å². The number of azo groups is 2. The number of halogens is 3. The second-order valence-electron chi connectivity index (χ2n) is 8.90. The lowest BCUT2D eigenvalue weighted by Gasteiger charge is -2.25. The quantitative estimate of drug-likeness (QED) is 0.106. The molecule has 0 heterocycles. The molecule has 8 nitrogen and oxygen atoms in total. The highest BCUT2D eigenvalue weighted by molar-refractivity contribution is 5.76. The van der Waals surface area contributed by atoms with Crippen molar-refractivity contribution in [2.45, 2.75) is 6.18 Å². The van der Waals surface area contributed by atoms with Crippen LogP contribution in [0, 0.1) is 10.1 Å². The number of nitro benzene ring substituents is 1. The summed E-state index contributed by atoms with van der Waals surface area (Å²) in [7, 11) is 0. The lowest BCUT2D eigenvalue weighted by Crippen LogP contribution is -2.09. The molecule has 0 aliphatic carbocycles. The standard InChI is InChI=1S/C31H21F3N6O2/c32-31(33,34)29-21-24(37-35-22-13-18-28(19-14-22)40(41)42)15-20-30(29)38-36-23-11-16-27(17-12-23)39(25-7-3-1-4-8-25)26-9-5-2-6-10-26/h1-21H. The van der Waals surface area contributed by atoms with Gasteiger partial charge in [0.2, 0.25) is 0 Å². The molecular weight excluding hydrogens is 545 g/mol. The van der Waals surface area contributed by atoms with Crippen LogP contribution in [0.25, 0.3) is 0 Å². The zero-order chi connectivity index (χ0) is 29.5. The van der Waals surface area contributed by atoms with Gasteiger partial charge in [0.05, 0.1) is 33.2 Å². The van der Waals surface area contributed by atoms with Crippen molar-refractivity contribution in [3.8, 4) is 0 Å². The second-order valence-corrected chi connectivity index (χ2v) is 8.90. The van der Waals surface area contributed by atoms with Crippen molar-refractivity contribution in [1.29, 1.82) is 0 Å². The summed E-state index contributed by atoms with van der Waals surface area (Å²) in [5, 5.41) is 26.4. The highest BCUT2D eigenvalue weighted by atomic mass is 19.4. The molecule has 0 aromatic heterocycles. The summed E-state index contributed by atoms with van der Waals surface area (Å²) in [6.07, 6.45) is -4.72. The monoisotopic (exact) mass is 566 g/mol. The number of benzene rings is 5. The van der Waals surface area contributed by atoms with Crippen LogP contribution in [0.3, 0.4) is 0 Å². The SMILES string of the molecule is O=[N+]([O-])c1ccc(N=Nc2ccc(N=Nc3ccc(N(c4ccccc4)c4ccccc4)cc3)c(C(F)(F)F)c2)cc1. The Kier molecular flexibility index (Phi) is 8.10. The first-order chi connectivity index (χ1) is 20.3. The van der Waals surface area contributed by atoms with Gasteiger partial charge in [0.15, 0.2) is 0 Å². The van der Waals surface area contributed by atoms with Crippen molar-refractivity contribution in [1.82, 2.24) is 0 Å². The molecule has 0 unspecified atom stereocenters. The largest absolute Gasteiger partial charge is 0.418 e. The van der Waals surface area contributed by atoms with Gasteiger partial charge in [0, 0.05) is 29.2 Å². The topological polar surface area (TPSA) is 95.8 Å². The Morgan fingerprint density at radius 3 is 1.55 bits per heavy atom. The van der Waals surface area contributed by atoms with Gasteiger partial charge in [-0.3, -0.25) is 10.1 Å². The van der Waals surface area contributed by atoms with Crippen LogP contribution in [0.1, 0.15) is 5.56 Å². The van der Waals surface area contributed by atoms with Gasteiger partial charge >= 0.3 is 6.18 Å². The van der Waals surface area contributed by atoms with E-state index in [0.717, 1.165) is 29.2 Å². The Hall–Kier alpha value is -5.71. The molecule has 0 amide bonds. The lowest BCUT2D eigenvalue weighted by molar-refractivity contribution is -0.384. The van der Waals surface area contributed by atoms with Gasteiger partial charge in [-0.05, 0) is 78.9 Å². The Balaban J connectivity index is 1.38. The minimum absolute atomic E-state index is 0.0640. The van der Waals surface area contributed by atoms with Crippen molar-refractivity contribution in [3.05, 3.63) is 143 Å². The highest BCUT2D eigenvalue weighted by Gasteiger charge is 2.34. The van der Waals surface area contributed by atoms with E-state index in [-0.39, 0.29) is 22.7 Å². The predicted molar refractivity (Wildman–Crippen MR) is 154 cm³/mol. The maximum atomic E-state index is 13.9. The van der Waals surface area contributed by atoms with E-state index in [1.165, 1.54) is 30.3 Å². The molecule has 0 bridgehead atoms. The van der Waals surface area contributed by atoms with E-state index in [4.69, 9.17) is 0 Å². The molecule has 5 aromatic rings. The van der Waals surface area contributed by atoms with E-state index in [2.05, 4.69) is 20.5 Å². The molecule has 0 saturated heterocycles. The summed E-state index contributed by atoms with van der Waals surface area (Å²) in [5.74, 6) is 0. The van der Waals surface area contributed by atoms with Gasteiger partial charge < -0.3 is 4.90 Å². The van der Waals surface area contributed by atoms with Crippen LogP contribution in [0.5, 0.6) is 0 Å². The number of nitro groups is 1. The molecule has 0 aliphatic heterocycles. The second kappa shape index (κ2) is 12.2. The van der Waals surface area contributed by atoms with Gasteiger partial charge in [-0.15, -0.1) is 5.11 Å². The smallest absolute Gasteiger partial charge is 0.311 e. The first kappa shape index (κ1) is 27.8. The number of para-hydroxylation sites is 2. The fraction of sp³-hybridized carbons (Fsp3) is 0.0323. The zero-order valence-electron chi connectivity index (χ0n) is 21.8. The summed E-state index contributed by atoms with van der Waals surface area (Å²) in [5.41, 5.74) is 1.74. The number of non-ortho nitro benzene ring substituents is 1. The number of hydrogen-bond acceptors (Lipinski definition) is 7. The van der Waals surface area contributed by atoms with Crippen LogP contribution in [0.15, 0.2) is 148 Å². The van der Waals surface area contributed by atoms with E-state index in [9.17, 15) is 23.3 Å². The van der Waals surface area contributed by atoms with Gasteiger partial charge in [-0.1, -0.05) is 36.4 Å². The molecular formula is C31H21F3N6O2. The van der Waals surface area contributed by atoms with Crippen molar-refractivity contribution in [2.24, 2.45) is 20.5 Å². The van der Waals surface area contributed by atoms with Gasteiger partial charge in [-0.25, -0.2) is 0 Å². The normalized spacial score (nSPS) is 11.7. The molecule has 0 saturated carbocycles. The summed E-state index contributed by atoms with van der Waals surface area (Å²) in [6, 6.07) is 35.0. The fourth-order valence-electron chi connectivity index (χ4n) is 4.04.